The zero-order chi connectivity index (χ0) is 14.8. The van der Waals surface area contributed by atoms with Crippen molar-refractivity contribution < 1.29 is 0 Å². The quantitative estimate of drug-likeness (QED) is 0.657. The topological polar surface area (TPSA) is 63.8 Å². The van der Waals surface area contributed by atoms with E-state index >= 15 is 0 Å². The number of aryl methyl sites for hydroxylation is 1. The van der Waals surface area contributed by atoms with Crippen molar-refractivity contribution in [3.63, 3.8) is 0 Å². The molecule has 2 aromatic heterocycles. The summed E-state index contributed by atoms with van der Waals surface area (Å²) in [7, 11) is 0. The maximum atomic E-state index is 5.77. The van der Waals surface area contributed by atoms with Crippen LogP contribution < -0.4 is 11.3 Å². The molecule has 2 aromatic rings. The van der Waals surface area contributed by atoms with Crippen LogP contribution in [0.4, 0.5) is 0 Å². The molecule has 2 heterocycles. The van der Waals surface area contributed by atoms with Crippen LogP contribution in [-0.4, -0.2) is 9.59 Å². The van der Waals surface area contributed by atoms with E-state index in [-0.39, 0.29) is 11.5 Å². The van der Waals surface area contributed by atoms with Gasteiger partial charge in [0.1, 0.15) is 0 Å². The Hall–Kier alpha value is -0.820. The number of hydrazine groups is 1. The van der Waals surface area contributed by atoms with Crippen molar-refractivity contribution >= 4 is 22.9 Å². The van der Waals surface area contributed by atoms with Crippen LogP contribution in [-0.2, 0) is 18.3 Å². The van der Waals surface area contributed by atoms with Gasteiger partial charge in [-0.2, -0.15) is 0 Å². The van der Waals surface area contributed by atoms with Gasteiger partial charge in [-0.15, -0.1) is 16.4 Å². The van der Waals surface area contributed by atoms with Crippen molar-refractivity contribution in [3.8, 4) is 0 Å². The third-order valence-electron chi connectivity index (χ3n) is 3.21. The minimum atomic E-state index is -0.0124. The normalized spacial score (nSPS) is 13.7. The fourth-order valence-corrected chi connectivity index (χ4v) is 4.02. The van der Waals surface area contributed by atoms with Crippen LogP contribution >= 0.6 is 22.9 Å². The first-order valence-electron chi connectivity index (χ1n) is 6.82. The molecule has 1 atom stereocenters. The largest absolute Gasteiger partial charge is 0.271 e. The van der Waals surface area contributed by atoms with E-state index in [2.05, 4.69) is 54.8 Å². The summed E-state index contributed by atoms with van der Waals surface area (Å²) in [6.45, 7) is 8.64. The Balaban J connectivity index is 2.22. The number of hydrogen-bond acceptors (Lipinski definition) is 6. The molecule has 1 unspecified atom stereocenters. The number of hydrogen-bond donors (Lipinski definition) is 2. The summed E-state index contributed by atoms with van der Waals surface area (Å²) in [5.41, 5.74) is 3.96. The highest BCUT2D eigenvalue weighted by molar-refractivity contribution is 7.12. The van der Waals surface area contributed by atoms with Gasteiger partial charge in [0.2, 0.25) is 0 Å². The maximum absolute atomic E-state index is 5.77. The standard InChI is InChI=1S/C14H22N4S2/c1-5-9-6-7-10(19-9)8-11(16-15)12-13(14(2,3)4)17-18-20-12/h6-7,11,16H,5,8,15H2,1-4H3. The molecule has 0 aromatic carbocycles. The summed E-state index contributed by atoms with van der Waals surface area (Å²) in [4.78, 5) is 3.90. The lowest BCUT2D eigenvalue weighted by Crippen LogP contribution is -2.30. The molecule has 0 saturated heterocycles. The van der Waals surface area contributed by atoms with Gasteiger partial charge in [0.25, 0.3) is 0 Å². The van der Waals surface area contributed by atoms with E-state index in [0.29, 0.717) is 0 Å². The molecule has 3 N–H and O–H groups in total. The Kier molecular flexibility index (Phi) is 4.90. The monoisotopic (exact) mass is 310 g/mol. The van der Waals surface area contributed by atoms with Crippen LogP contribution in [0.5, 0.6) is 0 Å². The molecular weight excluding hydrogens is 288 g/mol. The van der Waals surface area contributed by atoms with Gasteiger partial charge in [-0.3, -0.25) is 11.3 Å². The Bertz CT molecular complexity index is 554. The average molecular weight is 310 g/mol. The lowest BCUT2D eigenvalue weighted by molar-refractivity contribution is 0.517. The highest BCUT2D eigenvalue weighted by Crippen LogP contribution is 2.32. The Morgan fingerprint density at radius 3 is 2.55 bits per heavy atom. The second kappa shape index (κ2) is 6.30. The molecule has 20 heavy (non-hydrogen) atoms. The second-order valence-corrected chi connectivity index (χ2v) is 7.92. The number of thiophene rings is 1. The van der Waals surface area contributed by atoms with Crippen molar-refractivity contribution in [3.05, 3.63) is 32.5 Å². The van der Waals surface area contributed by atoms with Crippen molar-refractivity contribution in [1.29, 1.82) is 0 Å². The summed E-state index contributed by atoms with van der Waals surface area (Å²) < 4.78 is 4.12. The predicted molar refractivity (Wildman–Crippen MR) is 86.1 cm³/mol. The van der Waals surface area contributed by atoms with E-state index in [0.717, 1.165) is 23.4 Å². The molecule has 2 rings (SSSR count). The van der Waals surface area contributed by atoms with Crippen molar-refractivity contribution in [2.45, 2.75) is 52.0 Å². The molecule has 0 saturated carbocycles. The molecule has 6 heteroatoms. The molecule has 0 fully saturated rings. The first-order valence-corrected chi connectivity index (χ1v) is 8.41. The Morgan fingerprint density at radius 2 is 2.00 bits per heavy atom. The van der Waals surface area contributed by atoms with E-state index < -0.39 is 0 Å². The number of nitrogens with zero attached hydrogens (tertiary/aromatic N) is 2. The second-order valence-electron chi connectivity index (χ2n) is 5.88. The van der Waals surface area contributed by atoms with E-state index in [9.17, 15) is 0 Å². The molecule has 0 radical (unpaired) electrons. The SMILES string of the molecule is CCc1ccc(CC(NN)c2snnc2C(C)(C)C)s1. The van der Waals surface area contributed by atoms with Crippen molar-refractivity contribution in [2.75, 3.05) is 0 Å². The fraction of sp³-hybridized carbons (Fsp3) is 0.571. The molecule has 4 nitrogen and oxygen atoms in total. The zero-order valence-corrected chi connectivity index (χ0v) is 14.1. The third-order valence-corrected chi connectivity index (χ3v) is 5.30. The summed E-state index contributed by atoms with van der Waals surface area (Å²) in [5, 5.41) is 4.30. The lowest BCUT2D eigenvalue weighted by atomic mass is 9.89. The molecule has 0 aliphatic rings. The van der Waals surface area contributed by atoms with Gasteiger partial charge in [0.15, 0.2) is 0 Å². The van der Waals surface area contributed by atoms with E-state index in [1.165, 1.54) is 21.3 Å². The lowest BCUT2D eigenvalue weighted by Gasteiger charge is -2.21. The van der Waals surface area contributed by atoms with Gasteiger partial charge in [0.05, 0.1) is 16.6 Å². The van der Waals surface area contributed by atoms with Crippen LogP contribution in [0.3, 0.4) is 0 Å². The smallest absolute Gasteiger partial charge is 0.0857 e. The number of nitrogens with two attached hydrogens (primary N) is 1. The average Bonchev–Trinajstić information content (AvgIpc) is 3.03. The molecule has 0 bridgehead atoms. The Labute approximate surface area is 128 Å². The summed E-state index contributed by atoms with van der Waals surface area (Å²) in [6.07, 6.45) is 1.97. The van der Waals surface area contributed by atoms with Crippen molar-refractivity contribution in [1.82, 2.24) is 15.0 Å². The van der Waals surface area contributed by atoms with E-state index in [1.807, 2.05) is 11.3 Å². The number of rotatable bonds is 5. The molecule has 0 aliphatic carbocycles. The summed E-state index contributed by atoms with van der Waals surface area (Å²) in [6, 6.07) is 4.47. The minimum absolute atomic E-state index is 0.0124. The van der Waals surface area contributed by atoms with Gasteiger partial charge >= 0.3 is 0 Å². The molecular formula is C14H22N4S2. The summed E-state index contributed by atoms with van der Waals surface area (Å²) in [5.74, 6) is 5.77. The van der Waals surface area contributed by atoms with Gasteiger partial charge in [-0.25, -0.2) is 0 Å². The van der Waals surface area contributed by atoms with E-state index in [4.69, 9.17) is 5.84 Å². The molecule has 110 valence electrons. The van der Waals surface area contributed by atoms with Gasteiger partial charge in [-0.05, 0) is 30.1 Å². The highest BCUT2D eigenvalue weighted by Gasteiger charge is 2.27. The molecule has 0 aliphatic heterocycles. The van der Waals surface area contributed by atoms with Crippen LogP contribution in [0, 0.1) is 0 Å². The first-order chi connectivity index (χ1) is 9.45. The van der Waals surface area contributed by atoms with E-state index in [1.54, 1.807) is 0 Å². The third kappa shape index (κ3) is 3.44. The number of aromatic nitrogens is 2. The van der Waals surface area contributed by atoms with Crippen LogP contribution in [0.25, 0.3) is 0 Å². The Morgan fingerprint density at radius 1 is 1.30 bits per heavy atom. The van der Waals surface area contributed by atoms with Crippen molar-refractivity contribution in [2.24, 2.45) is 5.84 Å². The van der Waals surface area contributed by atoms with Crippen LogP contribution in [0.15, 0.2) is 12.1 Å². The zero-order valence-electron chi connectivity index (χ0n) is 12.4. The highest BCUT2D eigenvalue weighted by atomic mass is 32.1. The van der Waals surface area contributed by atoms with Crippen LogP contribution in [0.1, 0.15) is 54.1 Å². The first kappa shape index (κ1) is 15.6. The minimum Gasteiger partial charge on any atom is -0.271 e. The van der Waals surface area contributed by atoms with Crippen LogP contribution in [0.2, 0.25) is 0 Å². The predicted octanol–water partition coefficient (Wildman–Crippen LogP) is 3.21. The van der Waals surface area contributed by atoms with Gasteiger partial charge in [-0.1, -0.05) is 32.2 Å². The molecule has 0 amide bonds. The molecule has 0 spiro atoms. The fourth-order valence-electron chi connectivity index (χ4n) is 2.10. The maximum Gasteiger partial charge on any atom is 0.0857 e. The van der Waals surface area contributed by atoms with Gasteiger partial charge in [0, 0.05) is 21.6 Å². The number of nitrogens with one attached hydrogen (secondary N) is 1. The summed E-state index contributed by atoms with van der Waals surface area (Å²) >= 11 is 3.30. The van der Waals surface area contributed by atoms with Gasteiger partial charge < -0.3 is 0 Å².